The Morgan fingerprint density at radius 3 is 2.85 bits per heavy atom. The number of hydrogen-bond donors (Lipinski definition) is 1. The molecule has 1 saturated carbocycles. The van der Waals surface area contributed by atoms with Crippen molar-refractivity contribution < 1.29 is 18.3 Å². The van der Waals surface area contributed by atoms with Crippen molar-refractivity contribution in [1.29, 1.82) is 0 Å². The average molecular weight is 468 g/mol. The Hall–Kier alpha value is -3.13. The van der Waals surface area contributed by atoms with Gasteiger partial charge in [0.05, 0.1) is 29.4 Å². The van der Waals surface area contributed by atoms with Crippen LogP contribution < -0.4 is 5.56 Å². The first-order valence-corrected chi connectivity index (χ1v) is 11.7. The second-order valence-corrected chi connectivity index (χ2v) is 9.44. The van der Waals surface area contributed by atoms with Crippen molar-refractivity contribution in [2.24, 2.45) is 5.41 Å². The number of rotatable bonds is 6. The molecule has 34 heavy (non-hydrogen) atoms. The number of aromatic amines is 1. The zero-order chi connectivity index (χ0) is 23.7. The molecule has 3 aromatic rings. The van der Waals surface area contributed by atoms with E-state index >= 15 is 0 Å². The minimum atomic E-state index is -0.551. The number of halogens is 2. The maximum atomic E-state index is 14.7. The molecule has 1 amide bonds. The van der Waals surface area contributed by atoms with Crippen LogP contribution in [0.5, 0.6) is 0 Å². The monoisotopic (exact) mass is 467 g/mol. The highest BCUT2D eigenvalue weighted by molar-refractivity contribution is 5.95. The summed E-state index contributed by atoms with van der Waals surface area (Å²) in [4.78, 5) is 27.0. The molecule has 2 aromatic carbocycles. The molecule has 2 heterocycles. The number of carbonyl (C=O) groups is 1. The van der Waals surface area contributed by atoms with Gasteiger partial charge in [-0.3, -0.25) is 9.59 Å². The third kappa shape index (κ3) is 4.34. The van der Waals surface area contributed by atoms with Crippen LogP contribution in [-0.2, 0) is 11.2 Å². The van der Waals surface area contributed by atoms with Gasteiger partial charge in [0, 0.05) is 24.9 Å². The number of alkyl halides is 1. The molecule has 1 aliphatic carbocycles. The summed E-state index contributed by atoms with van der Waals surface area (Å²) in [6.45, 7) is 0.760. The lowest BCUT2D eigenvalue weighted by molar-refractivity contribution is 0.0405. The van der Waals surface area contributed by atoms with Gasteiger partial charge in [0.2, 0.25) is 0 Å². The summed E-state index contributed by atoms with van der Waals surface area (Å²) in [5, 5.41) is 7.98. The number of hydrogen-bond acceptors (Lipinski definition) is 4. The standard InChI is InChI=1S/C26H27F2N3O3/c27-10-12-34-18-7-8-26(15-18)9-11-31(16-26)25(33)21-13-17(5-6-22(21)28)14-23-19-3-1-2-4-20(19)24(32)30-29-23/h1-6,13,18H,7-12,14-16H2,(H,30,32). The van der Waals surface area contributed by atoms with Crippen molar-refractivity contribution in [3.8, 4) is 0 Å². The van der Waals surface area contributed by atoms with Crippen LogP contribution in [0.15, 0.2) is 47.3 Å². The summed E-state index contributed by atoms with van der Waals surface area (Å²) in [5.41, 5.74) is 1.16. The van der Waals surface area contributed by atoms with Crippen molar-refractivity contribution in [2.45, 2.75) is 38.2 Å². The molecule has 178 valence electrons. The van der Waals surface area contributed by atoms with Crippen LogP contribution >= 0.6 is 0 Å². The van der Waals surface area contributed by atoms with Gasteiger partial charge in [0.15, 0.2) is 0 Å². The fourth-order valence-electron chi connectivity index (χ4n) is 5.50. The lowest BCUT2D eigenvalue weighted by atomic mass is 9.85. The maximum absolute atomic E-state index is 14.7. The number of amides is 1. The Balaban J connectivity index is 1.33. The molecule has 2 atom stereocenters. The zero-order valence-electron chi connectivity index (χ0n) is 18.9. The van der Waals surface area contributed by atoms with E-state index in [1.165, 1.54) is 6.07 Å². The minimum absolute atomic E-state index is 0.0243. The first kappa shape index (κ1) is 22.7. The highest BCUT2D eigenvalue weighted by Crippen LogP contribution is 2.46. The number of aromatic nitrogens is 2. The number of carbonyl (C=O) groups excluding carboxylic acids is 1. The van der Waals surface area contributed by atoms with E-state index in [9.17, 15) is 18.4 Å². The summed E-state index contributed by atoms with van der Waals surface area (Å²) in [6, 6.07) is 11.7. The number of nitrogens with one attached hydrogen (secondary N) is 1. The van der Waals surface area contributed by atoms with Crippen LogP contribution in [0.25, 0.3) is 10.8 Å². The van der Waals surface area contributed by atoms with E-state index in [2.05, 4.69) is 10.2 Å². The van der Waals surface area contributed by atoms with Crippen molar-refractivity contribution >= 4 is 16.7 Å². The Bertz CT molecular complexity index is 1280. The van der Waals surface area contributed by atoms with E-state index in [1.807, 2.05) is 12.1 Å². The molecule has 1 aliphatic heterocycles. The van der Waals surface area contributed by atoms with Crippen LogP contribution in [0, 0.1) is 11.2 Å². The van der Waals surface area contributed by atoms with Gasteiger partial charge in [-0.15, -0.1) is 0 Å². The predicted octanol–water partition coefficient (Wildman–Crippen LogP) is 4.02. The minimum Gasteiger partial charge on any atom is -0.375 e. The largest absolute Gasteiger partial charge is 0.375 e. The van der Waals surface area contributed by atoms with Gasteiger partial charge in [-0.1, -0.05) is 24.3 Å². The third-order valence-corrected chi connectivity index (χ3v) is 7.22. The molecule has 1 aromatic heterocycles. The quantitative estimate of drug-likeness (QED) is 0.594. The van der Waals surface area contributed by atoms with Crippen LogP contribution in [-0.4, -0.2) is 53.5 Å². The fraction of sp³-hybridized carbons (Fsp3) is 0.423. The van der Waals surface area contributed by atoms with Gasteiger partial charge < -0.3 is 9.64 Å². The molecule has 2 aliphatic rings. The first-order chi connectivity index (χ1) is 16.5. The van der Waals surface area contributed by atoms with Crippen molar-refractivity contribution in [2.75, 3.05) is 26.4 Å². The molecule has 6 nitrogen and oxygen atoms in total. The van der Waals surface area contributed by atoms with E-state index in [1.54, 1.807) is 29.2 Å². The van der Waals surface area contributed by atoms with E-state index in [-0.39, 0.29) is 35.2 Å². The Labute approximate surface area is 195 Å². The van der Waals surface area contributed by atoms with Crippen LogP contribution in [0.1, 0.15) is 47.3 Å². The lowest BCUT2D eigenvalue weighted by Gasteiger charge is -2.24. The molecule has 0 bridgehead atoms. The van der Waals surface area contributed by atoms with Gasteiger partial charge in [-0.05, 0) is 54.9 Å². The summed E-state index contributed by atoms with van der Waals surface area (Å²) in [5.74, 6) is -0.867. The highest BCUT2D eigenvalue weighted by Gasteiger charge is 2.45. The van der Waals surface area contributed by atoms with E-state index in [0.717, 1.165) is 36.6 Å². The second-order valence-electron chi connectivity index (χ2n) is 9.44. The summed E-state index contributed by atoms with van der Waals surface area (Å²) >= 11 is 0. The van der Waals surface area contributed by atoms with Crippen molar-refractivity contribution in [1.82, 2.24) is 15.1 Å². The fourth-order valence-corrected chi connectivity index (χ4v) is 5.50. The van der Waals surface area contributed by atoms with Gasteiger partial charge in [-0.25, -0.2) is 13.9 Å². The van der Waals surface area contributed by atoms with Gasteiger partial charge in [0.25, 0.3) is 11.5 Å². The number of H-pyrrole nitrogens is 1. The SMILES string of the molecule is O=C(c1cc(Cc2n[nH]c(=O)c3ccccc23)ccc1F)N1CCC2(CCC(OCCF)C2)C1. The highest BCUT2D eigenvalue weighted by atomic mass is 19.1. The lowest BCUT2D eigenvalue weighted by Crippen LogP contribution is -2.32. The number of ether oxygens (including phenoxy) is 1. The van der Waals surface area contributed by atoms with Crippen LogP contribution in [0.4, 0.5) is 8.78 Å². The van der Waals surface area contributed by atoms with E-state index in [0.29, 0.717) is 30.6 Å². The second kappa shape index (κ2) is 9.25. The predicted molar refractivity (Wildman–Crippen MR) is 124 cm³/mol. The van der Waals surface area contributed by atoms with Gasteiger partial charge in [-0.2, -0.15) is 5.10 Å². The van der Waals surface area contributed by atoms with Gasteiger partial charge in [0.1, 0.15) is 12.5 Å². The maximum Gasteiger partial charge on any atom is 0.272 e. The molecular weight excluding hydrogens is 440 g/mol. The summed E-state index contributed by atoms with van der Waals surface area (Å²) < 4.78 is 32.7. The van der Waals surface area contributed by atoms with Crippen molar-refractivity contribution in [3.05, 3.63) is 75.5 Å². The molecular formula is C26H27F2N3O3. The molecule has 2 unspecified atom stereocenters. The molecule has 1 spiro atoms. The Kier molecular flexibility index (Phi) is 6.16. The summed E-state index contributed by atoms with van der Waals surface area (Å²) in [6.07, 6.45) is 3.85. The van der Waals surface area contributed by atoms with Crippen molar-refractivity contribution in [3.63, 3.8) is 0 Å². The van der Waals surface area contributed by atoms with E-state index < -0.39 is 12.5 Å². The molecule has 1 saturated heterocycles. The summed E-state index contributed by atoms with van der Waals surface area (Å²) in [7, 11) is 0. The van der Waals surface area contributed by atoms with Gasteiger partial charge >= 0.3 is 0 Å². The topological polar surface area (TPSA) is 75.3 Å². The molecule has 5 rings (SSSR count). The number of benzene rings is 2. The third-order valence-electron chi connectivity index (χ3n) is 7.22. The van der Waals surface area contributed by atoms with Crippen LogP contribution in [0.2, 0.25) is 0 Å². The Morgan fingerprint density at radius 1 is 1.21 bits per heavy atom. The number of fused-ring (bicyclic) bond motifs is 1. The number of likely N-dealkylation sites (tertiary alicyclic amines) is 1. The molecule has 0 radical (unpaired) electrons. The molecule has 2 fully saturated rings. The molecule has 8 heteroatoms. The van der Waals surface area contributed by atoms with Crippen LogP contribution in [0.3, 0.4) is 0 Å². The van der Waals surface area contributed by atoms with E-state index in [4.69, 9.17) is 4.74 Å². The Morgan fingerprint density at radius 2 is 2.03 bits per heavy atom. The average Bonchev–Trinajstić information content (AvgIpc) is 3.46. The molecule has 1 N–H and O–H groups in total. The first-order valence-electron chi connectivity index (χ1n) is 11.7. The number of nitrogens with zero attached hydrogens (tertiary/aromatic N) is 2. The normalized spacial score (nSPS) is 22.2. The smallest absolute Gasteiger partial charge is 0.272 e. The zero-order valence-corrected chi connectivity index (χ0v) is 18.9.